The molecule has 0 aromatic heterocycles. The van der Waals surface area contributed by atoms with Gasteiger partial charge in [-0.2, -0.15) is 0 Å². The predicted octanol–water partition coefficient (Wildman–Crippen LogP) is 6.41. The molecular formula is C22H29NO2S2. The topological polar surface area (TPSA) is 49.7 Å². The maximum atomic E-state index is 11.7. The molecule has 0 spiro atoms. The van der Waals surface area contributed by atoms with Crippen LogP contribution in [0.25, 0.3) is 0 Å². The Kier molecular flexibility index (Phi) is 6.74. The van der Waals surface area contributed by atoms with Gasteiger partial charge in [-0.3, -0.25) is 4.79 Å². The summed E-state index contributed by atoms with van der Waals surface area (Å²) < 4.78 is 0. The van der Waals surface area contributed by atoms with E-state index in [4.69, 9.17) is 5.21 Å². The van der Waals surface area contributed by atoms with Gasteiger partial charge in [0, 0.05) is 35.5 Å². The first-order valence-corrected chi connectivity index (χ1v) is 11.7. The van der Waals surface area contributed by atoms with Crippen LogP contribution < -0.4 is 0 Å². The van der Waals surface area contributed by atoms with Gasteiger partial charge in [0.15, 0.2) is 5.78 Å². The lowest BCUT2D eigenvalue weighted by atomic mass is 9.89. The molecule has 1 N–H and O–H groups in total. The molecule has 0 fully saturated rings. The van der Waals surface area contributed by atoms with Gasteiger partial charge in [0.05, 0.1) is 5.71 Å². The summed E-state index contributed by atoms with van der Waals surface area (Å²) in [4.78, 5) is 14.4. The molecule has 0 atom stereocenters. The number of carbonyl (C=O) groups is 1. The number of rotatable bonds is 0. The fourth-order valence-corrected chi connectivity index (χ4v) is 6.39. The first kappa shape index (κ1) is 20.5. The van der Waals surface area contributed by atoms with Crippen molar-refractivity contribution in [2.75, 3.05) is 11.5 Å². The molecule has 2 aliphatic carbocycles. The van der Waals surface area contributed by atoms with Crippen LogP contribution >= 0.6 is 23.5 Å². The second-order valence-electron chi connectivity index (χ2n) is 7.57. The fraction of sp³-hybridized carbons (Fsp3) is 0.545. The molecule has 0 amide bonds. The number of ketones is 1. The quantitative estimate of drug-likeness (QED) is 0.375. The maximum absolute atomic E-state index is 11.7. The molecule has 0 saturated carbocycles. The Hall–Kier alpha value is -1.20. The van der Waals surface area contributed by atoms with Gasteiger partial charge in [0.2, 0.25) is 0 Å². The van der Waals surface area contributed by atoms with Crippen LogP contribution in [-0.4, -0.2) is 28.2 Å². The van der Waals surface area contributed by atoms with Crippen LogP contribution in [0.1, 0.15) is 66.2 Å². The van der Waals surface area contributed by atoms with Crippen molar-refractivity contribution in [1.82, 2.24) is 0 Å². The molecule has 146 valence electrons. The molecule has 2 heterocycles. The number of oxime groups is 1. The highest BCUT2D eigenvalue weighted by Gasteiger charge is 2.26. The summed E-state index contributed by atoms with van der Waals surface area (Å²) in [6.07, 6.45) is 6.15. The van der Waals surface area contributed by atoms with Crippen molar-refractivity contribution >= 4 is 35.0 Å². The van der Waals surface area contributed by atoms with Crippen molar-refractivity contribution in [2.45, 2.75) is 66.2 Å². The minimum absolute atomic E-state index is 0.366. The lowest BCUT2D eigenvalue weighted by Crippen LogP contribution is -2.16. The molecule has 5 heteroatoms. The summed E-state index contributed by atoms with van der Waals surface area (Å²) in [6, 6.07) is 0. The second kappa shape index (κ2) is 8.87. The van der Waals surface area contributed by atoms with E-state index in [1.807, 2.05) is 23.5 Å². The van der Waals surface area contributed by atoms with Crippen molar-refractivity contribution in [3.8, 4) is 0 Å². The molecule has 0 aromatic rings. The number of Topliss-reactive ketones (excluding diaryl/α,β-unsaturated/α-hetero) is 1. The van der Waals surface area contributed by atoms with Crippen LogP contribution in [-0.2, 0) is 4.79 Å². The van der Waals surface area contributed by atoms with E-state index in [9.17, 15) is 4.79 Å². The average Bonchev–Trinajstić information content (AvgIpc) is 2.68. The van der Waals surface area contributed by atoms with E-state index in [0.717, 1.165) is 61.3 Å². The Bertz CT molecular complexity index is 812. The van der Waals surface area contributed by atoms with Gasteiger partial charge in [-0.15, -0.1) is 23.5 Å². The van der Waals surface area contributed by atoms with E-state index in [0.29, 0.717) is 5.78 Å². The van der Waals surface area contributed by atoms with Crippen LogP contribution in [0.15, 0.2) is 48.4 Å². The zero-order valence-electron chi connectivity index (χ0n) is 16.8. The molecule has 0 aromatic carbocycles. The summed E-state index contributed by atoms with van der Waals surface area (Å²) in [5.74, 6) is 2.42. The number of nitrogens with zero attached hydrogens (tertiary/aromatic N) is 1. The zero-order chi connectivity index (χ0) is 19.6. The Morgan fingerprint density at radius 1 is 0.741 bits per heavy atom. The number of allylic oxidation sites excluding steroid dienone is 8. The van der Waals surface area contributed by atoms with Crippen molar-refractivity contribution in [2.24, 2.45) is 5.16 Å². The first-order valence-electron chi connectivity index (χ1n) is 9.73. The van der Waals surface area contributed by atoms with Gasteiger partial charge in [0.1, 0.15) is 0 Å². The second-order valence-corrected chi connectivity index (χ2v) is 9.95. The first-order chi connectivity index (χ1) is 12.9. The standard InChI is InChI=1S/C11H15NOS.C11H14OS/c1-7-3-4-10-11(8(7)2)9(12-13)5-6-14-10;1-7-3-4-10-11(8(7)2)9(12)5-6-13-10/h13H,3-6H2,1-2H3;3-6H2,1-2H3/b12-9+;. The van der Waals surface area contributed by atoms with E-state index in [1.165, 1.54) is 37.7 Å². The van der Waals surface area contributed by atoms with E-state index < -0.39 is 0 Å². The Morgan fingerprint density at radius 3 is 1.85 bits per heavy atom. The third-order valence-electron chi connectivity index (χ3n) is 5.95. The van der Waals surface area contributed by atoms with Gasteiger partial charge in [-0.05, 0) is 74.3 Å². The lowest BCUT2D eigenvalue weighted by Gasteiger charge is -2.26. The van der Waals surface area contributed by atoms with E-state index in [2.05, 4.69) is 32.9 Å². The maximum Gasteiger partial charge on any atom is 0.164 e. The molecule has 0 saturated heterocycles. The number of hydrogen-bond acceptors (Lipinski definition) is 5. The number of thioether (sulfide) groups is 2. The minimum atomic E-state index is 0.366. The largest absolute Gasteiger partial charge is 0.411 e. The van der Waals surface area contributed by atoms with Gasteiger partial charge in [0.25, 0.3) is 0 Å². The molecule has 4 rings (SSSR count). The lowest BCUT2D eigenvalue weighted by molar-refractivity contribution is -0.115. The molecule has 0 radical (unpaired) electrons. The van der Waals surface area contributed by atoms with Gasteiger partial charge < -0.3 is 5.21 Å². The molecule has 4 aliphatic rings. The van der Waals surface area contributed by atoms with Gasteiger partial charge in [-0.25, -0.2) is 0 Å². The Labute approximate surface area is 171 Å². The van der Waals surface area contributed by atoms with Crippen LogP contribution in [0.2, 0.25) is 0 Å². The van der Waals surface area contributed by atoms with Crippen molar-refractivity contribution in [1.29, 1.82) is 0 Å². The SMILES string of the molecule is CC1=C(C)C2=C(CC1)SCC/C2=N\O.CC1=C(C)C2=C(CC1)SCCC2=O. The van der Waals surface area contributed by atoms with Gasteiger partial charge in [-0.1, -0.05) is 16.3 Å². The molecule has 3 nitrogen and oxygen atoms in total. The zero-order valence-corrected chi connectivity index (χ0v) is 18.4. The third-order valence-corrected chi connectivity index (χ3v) is 8.28. The van der Waals surface area contributed by atoms with E-state index >= 15 is 0 Å². The molecular weight excluding hydrogens is 374 g/mol. The van der Waals surface area contributed by atoms with E-state index in [-0.39, 0.29) is 0 Å². The normalized spacial score (nSPS) is 24.7. The average molecular weight is 404 g/mol. The summed E-state index contributed by atoms with van der Waals surface area (Å²) in [7, 11) is 0. The van der Waals surface area contributed by atoms with Crippen molar-refractivity contribution in [3.63, 3.8) is 0 Å². The third kappa shape index (κ3) is 4.29. The summed E-state index contributed by atoms with van der Waals surface area (Å²) in [5.41, 5.74) is 8.58. The smallest absolute Gasteiger partial charge is 0.164 e. The Balaban J connectivity index is 0.000000156. The van der Waals surface area contributed by atoms with Gasteiger partial charge >= 0.3 is 0 Å². The molecule has 0 bridgehead atoms. The highest BCUT2D eigenvalue weighted by molar-refractivity contribution is 8.03. The highest BCUT2D eigenvalue weighted by Crippen LogP contribution is 2.41. The van der Waals surface area contributed by atoms with Crippen molar-refractivity contribution < 1.29 is 10.0 Å². The summed E-state index contributed by atoms with van der Waals surface area (Å²) in [6.45, 7) is 8.55. The molecule has 27 heavy (non-hydrogen) atoms. The summed E-state index contributed by atoms with van der Waals surface area (Å²) >= 11 is 3.81. The Morgan fingerprint density at radius 2 is 1.26 bits per heavy atom. The van der Waals surface area contributed by atoms with E-state index in [1.54, 1.807) is 0 Å². The van der Waals surface area contributed by atoms with Crippen LogP contribution in [0.4, 0.5) is 0 Å². The predicted molar refractivity (Wildman–Crippen MR) is 118 cm³/mol. The summed E-state index contributed by atoms with van der Waals surface area (Å²) in [5, 5.41) is 12.4. The van der Waals surface area contributed by atoms with Crippen molar-refractivity contribution in [3.05, 3.63) is 43.2 Å². The van der Waals surface area contributed by atoms with Crippen LogP contribution in [0, 0.1) is 0 Å². The highest BCUT2D eigenvalue weighted by atomic mass is 32.2. The molecule has 2 aliphatic heterocycles. The number of hydrogen-bond donors (Lipinski definition) is 1. The van der Waals surface area contributed by atoms with Crippen LogP contribution in [0.5, 0.6) is 0 Å². The monoisotopic (exact) mass is 403 g/mol. The minimum Gasteiger partial charge on any atom is -0.411 e. The molecule has 0 unspecified atom stereocenters. The number of carbonyl (C=O) groups excluding carboxylic acids is 1. The fourth-order valence-electron chi connectivity index (χ4n) is 3.99. The van der Waals surface area contributed by atoms with Crippen LogP contribution in [0.3, 0.4) is 0 Å².